The molecule has 0 spiro atoms. The summed E-state index contributed by atoms with van der Waals surface area (Å²) in [5, 5.41) is 8.92. The quantitative estimate of drug-likeness (QED) is 0.839. The van der Waals surface area contributed by atoms with Crippen LogP contribution >= 0.6 is 11.6 Å². The monoisotopic (exact) mass is 330 g/mol. The van der Waals surface area contributed by atoms with Gasteiger partial charge in [-0.2, -0.15) is 0 Å². The normalized spacial score (nSPS) is 11.1. The zero-order valence-electron chi connectivity index (χ0n) is 10.2. The number of anilines is 1. The smallest absolute Gasteiger partial charge is 0.338 e. The highest BCUT2D eigenvalue weighted by atomic mass is 35.5. The lowest BCUT2D eigenvalue weighted by molar-refractivity contribution is 0.0692. The Morgan fingerprint density at radius 3 is 2.57 bits per heavy atom. The molecule has 6 nitrogen and oxygen atoms in total. The van der Waals surface area contributed by atoms with Gasteiger partial charge in [0.25, 0.3) is 10.0 Å². The molecule has 2 aromatic rings. The van der Waals surface area contributed by atoms with Gasteiger partial charge < -0.3 is 5.11 Å². The van der Waals surface area contributed by atoms with E-state index in [2.05, 4.69) is 9.71 Å². The molecule has 0 aliphatic rings. The van der Waals surface area contributed by atoms with E-state index in [1.54, 1.807) is 0 Å². The van der Waals surface area contributed by atoms with Crippen LogP contribution in [-0.2, 0) is 10.0 Å². The Labute approximate surface area is 124 Å². The predicted molar refractivity (Wildman–Crippen MR) is 73.4 cm³/mol. The predicted octanol–water partition coefficient (Wildman–Crippen LogP) is 2.37. The molecule has 0 radical (unpaired) electrons. The molecule has 1 heterocycles. The lowest BCUT2D eigenvalue weighted by atomic mass is 10.2. The summed E-state index contributed by atoms with van der Waals surface area (Å²) in [5.41, 5.74) is -0.715. The van der Waals surface area contributed by atoms with Crippen molar-refractivity contribution in [1.82, 2.24) is 4.98 Å². The molecule has 1 aromatic carbocycles. The summed E-state index contributed by atoms with van der Waals surface area (Å²) in [6.45, 7) is 0. The van der Waals surface area contributed by atoms with Crippen molar-refractivity contribution in [1.29, 1.82) is 0 Å². The highest BCUT2D eigenvalue weighted by molar-refractivity contribution is 7.92. The first-order valence-corrected chi connectivity index (χ1v) is 7.33. The van der Waals surface area contributed by atoms with E-state index in [1.165, 1.54) is 12.1 Å². The van der Waals surface area contributed by atoms with Crippen LogP contribution in [0.4, 0.5) is 10.1 Å². The number of aromatic carboxylic acids is 1. The number of benzene rings is 1. The lowest BCUT2D eigenvalue weighted by Crippen LogP contribution is -2.14. The number of nitrogens with one attached hydrogen (secondary N) is 1. The van der Waals surface area contributed by atoms with Crippen LogP contribution in [-0.4, -0.2) is 24.5 Å². The van der Waals surface area contributed by atoms with E-state index in [-0.39, 0.29) is 15.7 Å². The largest absolute Gasteiger partial charge is 0.478 e. The van der Waals surface area contributed by atoms with Crippen molar-refractivity contribution in [2.75, 3.05) is 4.72 Å². The van der Waals surface area contributed by atoms with Crippen molar-refractivity contribution in [2.45, 2.75) is 4.90 Å². The van der Waals surface area contributed by atoms with Crippen LogP contribution < -0.4 is 4.72 Å². The van der Waals surface area contributed by atoms with Gasteiger partial charge in [0.2, 0.25) is 0 Å². The maximum Gasteiger partial charge on any atom is 0.338 e. The first kappa shape index (κ1) is 15.2. The fourth-order valence-electron chi connectivity index (χ4n) is 1.49. The number of rotatable bonds is 4. The maximum absolute atomic E-state index is 13.2. The van der Waals surface area contributed by atoms with E-state index < -0.39 is 27.4 Å². The number of carboxylic acids is 1. The summed E-state index contributed by atoms with van der Waals surface area (Å²) < 4.78 is 39.5. The fraction of sp³-hybridized carbons (Fsp3) is 0. The SMILES string of the molecule is O=C(O)c1cc(NS(=O)(=O)c2ccc(Cl)nc2)ccc1F. The molecule has 0 saturated carbocycles. The lowest BCUT2D eigenvalue weighted by Gasteiger charge is -2.08. The van der Waals surface area contributed by atoms with Crippen LogP contribution in [0.2, 0.25) is 5.15 Å². The third-order valence-electron chi connectivity index (χ3n) is 2.46. The average molecular weight is 331 g/mol. The second-order valence-corrected chi connectivity index (χ2v) is 5.99. The molecule has 0 aliphatic heterocycles. The molecule has 0 fully saturated rings. The summed E-state index contributed by atoms with van der Waals surface area (Å²) in [6, 6.07) is 5.39. The third-order valence-corrected chi connectivity index (χ3v) is 4.05. The van der Waals surface area contributed by atoms with Crippen molar-refractivity contribution in [2.24, 2.45) is 0 Å². The third kappa shape index (κ3) is 3.47. The molecular weight excluding hydrogens is 323 g/mol. The maximum atomic E-state index is 13.2. The number of sulfonamides is 1. The number of nitrogens with zero attached hydrogens (tertiary/aromatic N) is 1. The van der Waals surface area contributed by atoms with E-state index in [9.17, 15) is 17.6 Å². The first-order chi connectivity index (χ1) is 9.79. The van der Waals surface area contributed by atoms with E-state index >= 15 is 0 Å². The number of carboxylic acid groups (broad SMARTS) is 1. The van der Waals surface area contributed by atoms with Crippen molar-refractivity contribution < 1.29 is 22.7 Å². The number of aromatic nitrogens is 1. The van der Waals surface area contributed by atoms with Gasteiger partial charge in [-0.25, -0.2) is 22.6 Å². The number of pyridine rings is 1. The second-order valence-electron chi connectivity index (χ2n) is 3.92. The van der Waals surface area contributed by atoms with Gasteiger partial charge in [0.05, 0.1) is 5.56 Å². The average Bonchev–Trinajstić information content (AvgIpc) is 2.41. The molecule has 9 heteroatoms. The van der Waals surface area contributed by atoms with Crippen LogP contribution in [0.3, 0.4) is 0 Å². The standard InChI is InChI=1S/C12H8ClFN2O4S/c13-11-4-2-8(6-15-11)21(19,20)16-7-1-3-10(14)9(5-7)12(17)18/h1-6,16H,(H,17,18). The Kier molecular flexibility index (Phi) is 4.10. The molecule has 0 saturated heterocycles. The first-order valence-electron chi connectivity index (χ1n) is 5.47. The summed E-state index contributed by atoms with van der Waals surface area (Å²) in [7, 11) is -3.97. The van der Waals surface area contributed by atoms with Gasteiger partial charge in [0.15, 0.2) is 0 Å². The van der Waals surface area contributed by atoms with Gasteiger partial charge in [-0.1, -0.05) is 11.6 Å². The van der Waals surface area contributed by atoms with Crippen molar-refractivity contribution >= 4 is 33.3 Å². The fourth-order valence-corrected chi connectivity index (χ4v) is 2.59. The zero-order valence-corrected chi connectivity index (χ0v) is 11.8. The molecule has 110 valence electrons. The summed E-state index contributed by atoms with van der Waals surface area (Å²) in [6.07, 6.45) is 1.05. The minimum absolute atomic E-state index is 0.0799. The number of hydrogen-bond donors (Lipinski definition) is 2. The summed E-state index contributed by atoms with van der Waals surface area (Å²) in [4.78, 5) is 14.3. The van der Waals surface area contributed by atoms with Crippen LogP contribution in [0.25, 0.3) is 0 Å². The van der Waals surface area contributed by atoms with Crippen LogP contribution in [0.5, 0.6) is 0 Å². The molecule has 21 heavy (non-hydrogen) atoms. The van der Waals surface area contributed by atoms with Gasteiger partial charge >= 0.3 is 5.97 Å². The van der Waals surface area contributed by atoms with Gasteiger partial charge in [-0.05, 0) is 30.3 Å². The molecule has 0 aliphatic carbocycles. The van der Waals surface area contributed by atoms with Crippen molar-refractivity contribution in [3.8, 4) is 0 Å². The molecule has 2 rings (SSSR count). The Bertz CT molecular complexity index is 793. The highest BCUT2D eigenvalue weighted by Crippen LogP contribution is 2.19. The van der Waals surface area contributed by atoms with E-state index in [1.807, 2.05) is 0 Å². The van der Waals surface area contributed by atoms with Crippen LogP contribution in [0.1, 0.15) is 10.4 Å². The van der Waals surface area contributed by atoms with Crippen LogP contribution in [0, 0.1) is 5.82 Å². The molecule has 0 unspecified atom stereocenters. The van der Waals surface area contributed by atoms with Crippen molar-refractivity contribution in [3.63, 3.8) is 0 Å². The van der Waals surface area contributed by atoms with Gasteiger partial charge in [-0.15, -0.1) is 0 Å². The highest BCUT2D eigenvalue weighted by Gasteiger charge is 2.17. The van der Waals surface area contributed by atoms with Crippen molar-refractivity contribution in [3.05, 3.63) is 53.1 Å². The molecule has 2 N–H and O–H groups in total. The van der Waals surface area contributed by atoms with Crippen LogP contribution in [0.15, 0.2) is 41.4 Å². The summed E-state index contributed by atoms with van der Waals surface area (Å²) in [5.74, 6) is -2.46. The van der Waals surface area contributed by atoms with Gasteiger partial charge in [0.1, 0.15) is 15.9 Å². The van der Waals surface area contributed by atoms with Gasteiger partial charge in [-0.3, -0.25) is 4.72 Å². The minimum atomic E-state index is -3.97. The molecular formula is C12H8ClFN2O4S. The Hall–Kier alpha value is -2.19. The Morgan fingerprint density at radius 2 is 2.00 bits per heavy atom. The van der Waals surface area contributed by atoms with Gasteiger partial charge in [0, 0.05) is 11.9 Å². The molecule has 0 atom stereocenters. The molecule has 0 bridgehead atoms. The number of carbonyl (C=O) groups is 1. The van der Waals surface area contributed by atoms with E-state index in [0.29, 0.717) is 0 Å². The molecule has 0 amide bonds. The molecule has 1 aromatic heterocycles. The minimum Gasteiger partial charge on any atom is -0.478 e. The van der Waals surface area contributed by atoms with E-state index in [0.717, 1.165) is 24.4 Å². The second kappa shape index (κ2) is 5.66. The summed E-state index contributed by atoms with van der Waals surface area (Å²) >= 11 is 5.56. The zero-order chi connectivity index (χ0) is 15.6. The Morgan fingerprint density at radius 1 is 1.29 bits per heavy atom. The number of hydrogen-bond acceptors (Lipinski definition) is 4. The Balaban J connectivity index is 2.35. The number of halogens is 2. The van der Waals surface area contributed by atoms with E-state index in [4.69, 9.17) is 16.7 Å². The topological polar surface area (TPSA) is 96.4 Å².